The summed E-state index contributed by atoms with van der Waals surface area (Å²) in [4.78, 5) is 10.1. The zero-order chi connectivity index (χ0) is 19.7. The van der Waals surface area contributed by atoms with E-state index in [0.717, 1.165) is 39.4 Å². The van der Waals surface area contributed by atoms with Gasteiger partial charge in [-0.05, 0) is 36.4 Å². The van der Waals surface area contributed by atoms with Crippen molar-refractivity contribution in [3.05, 3.63) is 97.1 Å². The topological polar surface area (TPSA) is 35.1 Å². The van der Waals surface area contributed by atoms with Crippen LogP contribution in [0.5, 0.6) is 0 Å². The van der Waals surface area contributed by atoms with E-state index >= 15 is 0 Å². The predicted octanol–water partition coefficient (Wildman–Crippen LogP) is 6.08. The number of aromatic nitrogens is 4. The summed E-state index contributed by atoms with van der Waals surface area (Å²) in [5.74, 6) is 0.865. The van der Waals surface area contributed by atoms with E-state index in [4.69, 9.17) is 9.97 Å². The van der Waals surface area contributed by atoms with Crippen LogP contribution < -0.4 is 0 Å². The third-order valence-corrected chi connectivity index (χ3v) is 5.89. The smallest absolute Gasteiger partial charge is 0.166 e. The molecule has 0 spiro atoms. The van der Waals surface area contributed by atoms with Gasteiger partial charge >= 0.3 is 0 Å². The fraction of sp³-hybridized carbons (Fsp3) is 0. The quantitative estimate of drug-likeness (QED) is 0.362. The van der Waals surface area contributed by atoms with Crippen molar-refractivity contribution in [1.29, 1.82) is 0 Å². The van der Waals surface area contributed by atoms with E-state index in [0.29, 0.717) is 0 Å². The number of nitrogens with zero attached hydrogens (tertiary/aromatic N) is 4. The summed E-state index contributed by atoms with van der Waals surface area (Å²) < 4.78 is 4.48. The highest BCUT2D eigenvalue weighted by molar-refractivity contribution is 6.13. The first-order valence-corrected chi connectivity index (χ1v) is 10.0. The first-order chi connectivity index (χ1) is 14.9. The van der Waals surface area contributed by atoms with Gasteiger partial charge in [-0.1, -0.05) is 60.7 Å². The molecule has 4 heteroatoms. The van der Waals surface area contributed by atoms with Gasteiger partial charge in [-0.2, -0.15) is 0 Å². The van der Waals surface area contributed by atoms with Crippen molar-refractivity contribution in [3.63, 3.8) is 0 Å². The van der Waals surface area contributed by atoms with E-state index in [2.05, 4.69) is 93.9 Å². The second-order valence-electron chi connectivity index (χ2n) is 7.55. The second-order valence-corrected chi connectivity index (χ2v) is 7.55. The lowest BCUT2D eigenvalue weighted by atomic mass is 10.1. The van der Waals surface area contributed by atoms with Crippen LogP contribution in [0.1, 0.15) is 0 Å². The molecule has 0 N–H and O–H groups in total. The lowest BCUT2D eigenvalue weighted by Gasteiger charge is -2.08. The van der Waals surface area contributed by atoms with Crippen molar-refractivity contribution in [3.8, 4) is 17.2 Å². The number of hydrogen-bond acceptors (Lipinski definition) is 2. The van der Waals surface area contributed by atoms with Crippen molar-refractivity contribution in [2.75, 3.05) is 0 Å². The first-order valence-electron chi connectivity index (χ1n) is 10.0. The molecule has 0 fully saturated rings. The maximum absolute atomic E-state index is 5.05. The highest BCUT2D eigenvalue weighted by Gasteiger charge is 2.23. The van der Waals surface area contributed by atoms with Crippen molar-refractivity contribution in [2.24, 2.45) is 0 Å². The fourth-order valence-corrected chi connectivity index (χ4v) is 4.64. The molecule has 0 saturated heterocycles. The summed E-state index contributed by atoms with van der Waals surface area (Å²) in [6, 6.07) is 33.5. The molecule has 0 atom stereocenters. The van der Waals surface area contributed by atoms with Gasteiger partial charge in [0.15, 0.2) is 5.82 Å². The molecule has 30 heavy (non-hydrogen) atoms. The maximum atomic E-state index is 5.05. The SMILES string of the molecule is c1ccc(-n2c(-c3nc4cccc5c6ccccc6c3n45)nc3ccccc32)cc1. The van der Waals surface area contributed by atoms with Crippen molar-refractivity contribution >= 4 is 38.5 Å². The van der Waals surface area contributed by atoms with Crippen LogP contribution in [0.4, 0.5) is 0 Å². The number of benzene rings is 3. The van der Waals surface area contributed by atoms with Crippen LogP contribution >= 0.6 is 0 Å². The van der Waals surface area contributed by atoms with Gasteiger partial charge in [0.05, 0.1) is 22.1 Å². The Balaban J connectivity index is 1.69. The van der Waals surface area contributed by atoms with E-state index in [1.54, 1.807) is 0 Å². The minimum Gasteiger partial charge on any atom is -0.291 e. The molecular weight excluding hydrogens is 368 g/mol. The largest absolute Gasteiger partial charge is 0.291 e. The standard InChI is InChI=1S/C26H16N4/c1-2-9-17(10-3-1)29-22-14-7-6-13-20(22)27-26(29)24-25-19-12-5-4-11-18(19)21-15-8-16-23(28-24)30(21)25/h1-16H. The zero-order valence-electron chi connectivity index (χ0n) is 16.0. The lowest BCUT2D eigenvalue weighted by molar-refractivity contribution is 1.09. The van der Waals surface area contributed by atoms with Gasteiger partial charge in [0.2, 0.25) is 0 Å². The summed E-state index contributed by atoms with van der Waals surface area (Å²) in [5.41, 5.74) is 7.27. The van der Waals surface area contributed by atoms with Gasteiger partial charge in [-0.15, -0.1) is 0 Å². The van der Waals surface area contributed by atoms with Crippen molar-refractivity contribution < 1.29 is 0 Å². The molecule has 7 aromatic rings. The third-order valence-electron chi connectivity index (χ3n) is 5.89. The molecule has 4 heterocycles. The van der Waals surface area contributed by atoms with E-state index in [1.165, 1.54) is 16.3 Å². The van der Waals surface area contributed by atoms with Crippen LogP contribution in [-0.4, -0.2) is 18.9 Å². The third kappa shape index (κ3) is 1.95. The van der Waals surface area contributed by atoms with Gasteiger partial charge in [0.1, 0.15) is 11.3 Å². The summed E-state index contributed by atoms with van der Waals surface area (Å²) in [5, 5.41) is 2.44. The Labute approximate surface area is 172 Å². The minimum atomic E-state index is 0.865. The molecule has 0 unspecified atom stereocenters. The van der Waals surface area contributed by atoms with Crippen molar-refractivity contribution in [1.82, 2.24) is 18.9 Å². The van der Waals surface area contributed by atoms with Crippen LogP contribution in [0.15, 0.2) is 97.1 Å². The number of rotatable bonds is 2. The average molecular weight is 384 g/mol. The number of imidazole rings is 2. The molecule has 0 bridgehead atoms. The number of hydrogen-bond donors (Lipinski definition) is 0. The molecule has 0 aliphatic heterocycles. The Morgan fingerprint density at radius 2 is 1.30 bits per heavy atom. The Hall–Kier alpha value is -4.18. The molecule has 4 aromatic heterocycles. The molecule has 0 aliphatic carbocycles. The molecular formula is C26H16N4. The predicted molar refractivity (Wildman–Crippen MR) is 121 cm³/mol. The van der Waals surface area contributed by atoms with Crippen LogP contribution in [0.3, 0.4) is 0 Å². The van der Waals surface area contributed by atoms with Crippen molar-refractivity contribution in [2.45, 2.75) is 0 Å². The zero-order valence-corrected chi connectivity index (χ0v) is 16.0. The van der Waals surface area contributed by atoms with Crippen LogP contribution in [0.2, 0.25) is 0 Å². The number of para-hydroxylation sites is 3. The molecule has 4 nitrogen and oxygen atoms in total. The molecule has 7 rings (SSSR count). The average Bonchev–Trinajstić information content (AvgIpc) is 3.48. The van der Waals surface area contributed by atoms with Gasteiger partial charge < -0.3 is 0 Å². The van der Waals surface area contributed by atoms with E-state index in [9.17, 15) is 0 Å². The summed E-state index contributed by atoms with van der Waals surface area (Å²) in [7, 11) is 0. The van der Waals surface area contributed by atoms with Crippen LogP contribution in [0.25, 0.3) is 55.7 Å². The molecule has 0 saturated carbocycles. The first kappa shape index (κ1) is 15.7. The Morgan fingerprint density at radius 3 is 2.20 bits per heavy atom. The second kappa shape index (κ2) is 5.67. The minimum absolute atomic E-state index is 0.865. The maximum Gasteiger partial charge on any atom is 0.166 e. The number of pyridine rings is 1. The van der Waals surface area contributed by atoms with Gasteiger partial charge in [-0.25, -0.2) is 9.97 Å². The van der Waals surface area contributed by atoms with E-state index in [1.807, 2.05) is 12.1 Å². The summed E-state index contributed by atoms with van der Waals surface area (Å²) in [6.45, 7) is 0. The van der Waals surface area contributed by atoms with Crippen LogP contribution in [-0.2, 0) is 0 Å². The molecule has 3 aromatic carbocycles. The Bertz CT molecular complexity index is 1690. The Kier molecular flexibility index (Phi) is 2.97. The lowest BCUT2D eigenvalue weighted by Crippen LogP contribution is -1.97. The van der Waals surface area contributed by atoms with Gasteiger partial charge in [0, 0.05) is 16.5 Å². The number of fused-ring (bicyclic) bond motifs is 4. The highest BCUT2D eigenvalue weighted by Crippen LogP contribution is 2.38. The molecule has 0 aliphatic rings. The van der Waals surface area contributed by atoms with Gasteiger partial charge in [0.25, 0.3) is 0 Å². The van der Waals surface area contributed by atoms with Gasteiger partial charge in [-0.3, -0.25) is 8.97 Å². The highest BCUT2D eigenvalue weighted by atomic mass is 15.1. The fourth-order valence-electron chi connectivity index (χ4n) is 4.64. The van der Waals surface area contributed by atoms with E-state index in [-0.39, 0.29) is 0 Å². The van der Waals surface area contributed by atoms with E-state index < -0.39 is 0 Å². The Morgan fingerprint density at radius 1 is 0.567 bits per heavy atom. The molecule has 0 amide bonds. The summed E-state index contributed by atoms with van der Waals surface area (Å²) in [6.07, 6.45) is 0. The molecule has 140 valence electrons. The van der Waals surface area contributed by atoms with Crippen LogP contribution in [0, 0.1) is 0 Å². The molecule has 0 radical (unpaired) electrons. The monoisotopic (exact) mass is 384 g/mol. The normalized spacial score (nSPS) is 12.0. The summed E-state index contributed by atoms with van der Waals surface area (Å²) >= 11 is 0.